The van der Waals surface area contributed by atoms with Gasteiger partial charge in [-0.1, -0.05) is 23.2 Å². The van der Waals surface area contributed by atoms with Crippen molar-refractivity contribution < 1.29 is 8.42 Å². The van der Waals surface area contributed by atoms with Crippen molar-refractivity contribution in [2.75, 3.05) is 4.72 Å². The summed E-state index contributed by atoms with van der Waals surface area (Å²) < 4.78 is 26.9. The van der Waals surface area contributed by atoms with E-state index in [2.05, 4.69) is 35.6 Å². The minimum atomic E-state index is -3.94. The molecular weight excluding hydrogens is 379 g/mol. The van der Waals surface area contributed by atoms with Crippen molar-refractivity contribution >= 4 is 55.1 Å². The number of sulfonamides is 1. The van der Waals surface area contributed by atoms with Crippen LogP contribution in [-0.4, -0.2) is 23.4 Å². The van der Waals surface area contributed by atoms with Crippen LogP contribution in [0.3, 0.4) is 0 Å². The van der Waals surface area contributed by atoms with Gasteiger partial charge in [0.25, 0.3) is 10.0 Å². The summed E-state index contributed by atoms with van der Waals surface area (Å²) >= 11 is 14.5. The lowest BCUT2D eigenvalue weighted by atomic mass is 10.5. The first kappa shape index (κ1) is 14.4. The average Bonchev–Trinajstić information content (AvgIpc) is 2.31. The lowest BCUT2D eigenvalue weighted by molar-refractivity contribution is 0.600. The molecule has 0 amide bonds. The van der Waals surface area contributed by atoms with Gasteiger partial charge < -0.3 is 0 Å². The molecule has 0 atom stereocenters. The van der Waals surface area contributed by atoms with Gasteiger partial charge in [-0.15, -0.1) is 0 Å². The van der Waals surface area contributed by atoms with Crippen molar-refractivity contribution in [2.45, 2.75) is 4.90 Å². The molecule has 0 saturated carbocycles. The Morgan fingerprint density at radius 3 is 2.68 bits per heavy atom. The molecule has 19 heavy (non-hydrogen) atoms. The van der Waals surface area contributed by atoms with Crippen LogP contribution in [0.5, 0.6) is 0 Å². The maximum absolute atomic E-state index is 12.1. The van der Waals surface area contributed by atoms with E-state index in [1.807, 2.05) is 0 Å². The Morgan fingerprint density at radius 2 is 2.00 bits per heavy atom. The van der Waals surface area contributed by atoms with Gasteiger partial charge in [0.1, 0.15) is 15.2 Å². The first-order valence-corrected chi connectivity index (χ1v) is 7.74. The van der Waals surface area contributed by atoms with E-state index in [1.54, 1.807) is 0 Å². The highest BCUT2D eigenvalue weighted by Gasteiger charge is 2.20. The topological polar surface area (TPSA) is 84.8 Å². The summed E-state index contributed by atoms with van der Waals surface area (Å²) in [6.07, 6.45) is 2.71. The molecule has 0 saturated heterocycles. The first-order chi connectivity index (χ1) is 8.88. The standard InChI is InChI=1S/C9H5BrCl2N4O2S/c10-5-3-6(8(12)14-4-5)19(17,18)16-9-13-2-1-7(11)15-9/h1-4H,(H,13,15,16). The smallest absolute Gasteiger partial charge is 0.247 e. The molecule has 2 heterocycles. The largest absolute Gasteiger partial charge is 0.267 e. The van der Waals surface area contributed by atoms with Gasteiger partial charge in [-0.2, -0.15) is 0 Å². The van der Waals surface area contributed by atoms with E-state index in [9.17, 15) is 8.42 Å². The number of anilines is 1. The second kappa shape index (κ2) is 5.58. The molecule has 0 aromatic carbocycles. The molecule has 0 bridgehead atoms. The highest BCUT2D eigenvalue weighted by atomic mass is 79.9. The summed E-state index contributed by atoms with van der Waals surface area (Å²) in [5.74, 6) is -0.149. The average molecular weight is 384 g/mol. The van der Waals surface area contributed by atoms with Crippen molar-refractivity contribution in [1.82, 2.24) is 15.0 Å². The molecule has 2 rings (SSSR count). The summed E-state index contributed by atoms with van der Waals surface area (Å²) in [6, 6.07) is 2.75. The van der Waals surface area contributed by atoms with E-state index in [4.69, 9.17) is 23.2 Å². The number of hydrogen-bond donors (Lipinski definition) is 1. The normalized spacial score (nSPS) is 11.3. The molecule has 0 aliphatic carbocycles. The Balaban J connectivity index is 2.40. The highest BCUT2D eigenvalue weighted by molar-refractivity contribution is 9.10. The van der Waals surface area contributed by atoms with Crippen LogP contribution in [-0.2, 0) is 10.0 Å². The van der Waals surface area contributed by atoms with Crippen LogP contribution < -0.4 is 4.72 Å². The summed E-state index contributed by atoms with van der Waals surface area (Å²) in [5.41, 5.74) is 0. The van der Waals surface area contributed by atoms with Gasteiger partial charge in [-0.3, -0.25) is 0 Å². The zero-order valence-corrected chi connectivity index (χ0v) is 12.9. The van der Waals surface area contributed by atoms with Gasteiger partial charge in [0.2, 0.25) is 5.95 Å². The van der Waals surface area contributed by atoms with E-state index in [1.165, 1.54) is 24.5 Å². The molecule has 0 fully saturated rings. The number of hydrogen-bond acceptors (Lipinski definition) is 5. The maximum atomic E-state index is 12.1. The molecule has 2 aromatic heterocycles. The Kier molecular flexibility index (Phi) is 4.24. The molecule has 6 nitrogen and oxygen atoms in total. The lowest BCUT2D eigenvalue weighted by Gasteiger charge is -2.07. The minimum absolute atomic E-state index is 0.117. The van der Waals surface area contributed by atoms with E-state index >= 15 is 0 Å². The number of nitrogens with one attached hydrogen (secondary N) is 1. The van der Waals surface area contributed by atoms with Gasteiger partial charge in [-0.25, -0.2) is 28.1 Å². The molecule has 0 aliphatic rings. The molecule has 2 aromatic rings. The molecular formula is C9H5BrCl2N4O2S. The molecule has 0 spiro atoms. The van der Waals surface area contributed by atoms with Gasteiger partial charge in [0.05, 0.1) is 0 Å². The Morgan fingerprint density at radius 1 is 1.26 bits per heavy atom. The molecule has 100 valence electrons. The summed E-state index contributed by atoms with van der Waals surface area (Å²) in [6.45, 7) is 0. The maximum Gasteiger partial charge on any atom is 0.267 e. The zero-order chi connectivity index (χ0) is 14.0. The Labute approximate surface area is 127 Å². The van der Waals surface area contributed by atoms with Crippen LogP contribution in [0.15, 0.2) is 33.9 Å². The predicted octanol–water partition coefficient (Wildman–Crippen LogP) is 2.74. The number of aromatic nitrogens is 3. The third-order valence-electron chi connectivity index (χ3n) is 1.91. The van der Waals surface area contributed by atoms with Crippen molar-refractivity contribution in [3.8, 4) is 0 Å². The van der Waals surface area contributed by atoms with Gasteiger partial charge >= 0.3 is 0 Å². The number of halogens is 3. The zero-order valence-electron chi connectivity index (χ0n) is 9.01. The molecule has 0 unspecified atom stereocenters. The second-order valence-corrected chi connectivity index (χ2v) is 6.56. The van der Waals surface area contributed by atoms with Crippen LogP contribution in [0.1, 0.15) is 0 Å². The SMILES string of the molecule is O=S(=O)(Nc1nccc(Cl)n1)c1cc(Br)cnc1Cl. The van der Waals surface area contributed by atoms with Gasteiger partial charge in [0, 0.05) is 16.9 Å². The number of pyridine rings is 1. The second-order valence-electron chi connectivity index (χ2n) is 3.25. The summed E-state index contributed by atoms with van der Waals surface area (Å²) in [5, 5.41) is -0.0381. The van der Waals surface area contributed by atoms with Crippen molar-refractivity contribution in [3.63, 3.8) is 0 Å². The fourth-order valence-electron chi connectivity index (χ4n) is 1.15. The van der Waals surface area contributed by atoms with Crippen LogP contribution in [0.25, 0.3) is 0 Å². The van der Waals surface area contributed by atoms with Crippen LogP contribution in [0.4, 0.5) is 5.95 Å². The van der Waals surface area contributed by atoms with E-state index < -0.39 is 10.0 Å². The fraction of sp³-hybridized carbons (Fsp3) is 0. The van der Waals surface area contributed by atoms with Crippen molar-refractivity contribution in [3.05, 3.63) is 39.3 Å². The lowest BCUT2D eigenvalue weighted by Crippen LogP contribution is -2.16. The van der Waals surface area contributed by atoms with E-state index in [-0.39, 0.29) is 21.2 Å². The third kappa shape index (κ3) is 3.53. The van der Waals surface area contributed by atoms with E-state index in [0.717, 1.165) is 0 Å². The van der Waals surface area contributed by atoms with Crippen LogP contribution in [0, 0.1) is 0 Å². The molecule has 10 heteroatoms. The van der Waals surface area contributed by atoms with E-state index in [0.29, 0.717) is 4.47 Å². The van der Waals surface area contributed by atoms with Gasteiger partial charge in [0.15, 0.2) is 0 Å². The minimum Gasteiger partial charge on any atom is -0.247 e. The predicted molar refractivity (Wildman–Crippen MR) is 74.8 cm³/mol. The molecule has 0 aliphatic heterocycles. The molecule has 0 radical (unpaired) electrons. The Hall–Kier alpha value is -0.960. The highest BCUT2D eigenvalue weighted by Crippen LogP contribution is 2.24. The fourth-order valence-corrected chi connectivity index (χ4v) is 3.19. The Bertz CT molecular complexity index is 726. The van der Waals surface area contributed by atoms with Crippen molar-refractivity contribution in [1.29, 1.82) is 0 Å². The van der Waals surface area contributed by atoms with Crippen LogP contribution >= 0.6 is 39.1 Å². The molecule has 1 N–H and O–H groups in total. The third-order valence-corrected chi connectivity index (χ3v) is 4.31. The van der Waals surface area contributed by atoms with Crippen molar-refractivity contribution in [2.24, 2.45) is 0 Å². The number of rotatable bonds is 3. The monoisotopic (exact) mass is 382 g/mol. The van der Waals surface area contributed by atoms with Crippen LogP contribution in [0.2, 0.25) is 10.3 Å². The number of nitrogens with zero attached hydrogens (tertiary/aromatic N) is 3. The first-order valence-electron chi connectivity index (χ1n) is 4.71. The summed E-state index contributed by atoms with van der Waals surface area (Å²) in [4.78, 5) is 11.0. The summed E-state index contributed by atoms with van der Waals surface area (Å²) in [7, 11) is -3.94. The quantitative estimate of drug-likeness (QED) is 0.650. The van der Waals surface area contributed by atoms with Gasteiger partial charge in [-0.05, 0) is 28.1 Å².